The molecule has 1 unspecified atom stereocenters. The lowest BCUT2D eigenvalue weighted by atomic mass is 10.1. The van der Waals surface area contributed by atoms with E-state index in [1.165, 1.54) is 4.31 Å². The van der Waals surface area contributed by atoms with Crippen molar-refractivity contribution >= 4 is 15.9 Å². The first kappa shape index (κ1) is 23.2. The van der Waals surface area contributed by atoms with Crippen LogP contribution in [0.1, 0.15) is 42.6 Å². The molecule has 2 aromatic rings. The van der Waals surface area contributed by atoms with Gasteiger partial charge in [0.1, 0.15) is 12.4 Å². The molecule has 0 spiro atoms. The van der Waals surface area contributed by atoms with Crippen LogP contribution in [0.4, 0.5) is 0 Å². The molecule has 1 aliphatic heterocycles. The molecule has 3 rings (SSSR count). The molecule has 168 valence electrons. The zero-order valence-corrected chi connectivity index (χ0v) is 18.9. The average molecular weight is 447 g/mol. The third-order valence-corrected chi connectivity index (χ3v) is 7.36. The number of ether oxygens (including phenoxy) is 2. The third kappa shape index (κ3) is 5.84. The van der Waals surface area contributed by atoms with Gasteiger partial charge in [-0.15, -0.1) is 0 Å². The molecule has 0 saturated carbocycles. The molecule has 1 aliphatic rings. The molecule has 0 bridgehead atoms. The summed E-state index contributed by atoms with van der Waals surface area (Å²) in [5.41, 5.74) is 1.27. The second-order valence-electron chi connectivity index (χ2n) is 7.36. The zero-order valence-electron chi connectivity index (χ0n) is 18.0. The molecule has 0 aliphatic carbocycles. The van der Waals surface area contributed by atoms with E-state index in [0.29, 0.717) is 31.0 Å². The highest BCUT2D eigenvalue weighted by molar-refractivity contribution is 7.89. The molecule has 1 saturated heterocycles. The van der Waals surface area contributed by atoms with Gasteiger partial charge in [-0.3, -0.25) is 4.79 Å². The van der Waals surface area contributed by atoms with Gasteiger partial charge in [-0.25, -0.2) is 8.42 Å². The van der Waals surface area contributed by atoms with Gasteiger partial charge in [0.05, 0.1) is 16.6 Å². The number of carbonyl (C=O) groups is 1. The van der Waals surface area contributed by atoms with Gasteiger partial charge in [-0.2, -0.15) is 4.31 Å². The third-order valence-electron chi connectivity index (χ3n) is 5.30. The summed E-state index contributed by atoms with van der Waals surface area (Å²) in [7, 11) is -3.49. The number of hydrogen-bond donors (Lipinski definition) is 1. The van der Waals surface area contributed by atoms with E-state index in [2.05, 4.69) is 5.32 Å². The van der Waals surface area contributed by atoms with Crippen molar-refractivity contribution in [3.63, 3.8) is 0 Å². The Morgan fingerprint density at radius 3 is 2.48 bits per heavy atom. The first-order chi connectivity index (χ1) is 15.0. The zero-order chi connectivity index (χ0) is 22.3. The van der Waals surface area contributed by atoms with Crippen molar-refractivity contribution < 1.29 is 22.7 Å². The molecule has 1 heterocycles. The van der Waals surface area contributed by atoms with Gasteiger partial charge in [-0.05, 0) is 42.7 Å². The number of benzene rings is 2. The highest BCUT2D eigenvalue weighted by Crippen LogP contribution is 2.21. The van der Waals surface area contributed by atoms with Crippen molar-refractivity contribution in [2.75, 3.05) is 26.3 Å². The minimum atomic E-state index is -3.49. The largest absolute Gasteiger partial charge is 0.490 e. The van der Waals surface area contributed by atoms with Gasteiger partial charge in [0.25, 0.3) is 5.91 Å². The fraction of sp³-hybridized carbons (Fsp3) is 0.435. The van der Waals surface area contributed by atoms with Crippen LogP contribution in [0.25, 0.3) is 0 Å². The number of rotatable bonds is 10. The summed E-state index contributed by atoms with van der Waals surface area (Å²) >= 11 is 0. The topological polar surface area (TPSA) is 84.9 Å². The summed E-state index contributed by atoms with van der Waals surface area (Å²) in [6.07, 6.45) is 2.07. The number of nitrogens with one attached hydrogen (secondary N) is 1. The molecular weight excluding hydrogens is 416 g/mol. The summed E-state index contributed by atoms with van der Waals surface area (Å²) in [4.78, 5) is 13.0. The van der Waals surface area contributed by atoms with E-state index in [1.807, 2.05) is 19.9 Å². The number of carbonyl (C=O) groups excluding carboxylic acids is 1. The van der Waals surface area contributed by atoms with Gasteiger partial charge >= 0.3 is 0 Å². The lowest BCUT2D eigenvalue weighted by molar-refractivity contribution is 0.0670. The van der Waals surface area contributed by atoms with Gasteiger partial charge in [0.15, 0.2) is 0 Å². The Morgan fingerprint density at radius 2 is 1.84 bits per heavy atom. The Hall–Kier alpha value is -2.42. The number of amides is 1. The summed E-state index contributed by atoms with van der Waals surface area (Å²) in [5.74, 6) is 0.277. The Kier molecular flexibility index (Phi) is 8.06. The van der Waals surface area contributed by atoms with E-state index < -0.39 is 10.0 Å². The van der Waals surface area contributed by atoms with Gasteiger partial charge in [0, 0.05) is 26.2 Å². The van der Waals surface area contributed by atoms with Crippen LogP contribution >= 0.6 is 0 Å². The van der Waals surface area contributed by atoms with E-state index >= 15 is 0 Å². The van der Waals surface area contributed by atoms with Gasteiger partial charge < -0.3 is 14.8 Å². The quantitative estimate of drug-likeness (QED) is 0.606. The summed E-state index contributed by atoms with van der Waals surface area (Å²) < 4.78 is 38.0. The molecule has 31 heavy (non-hydrogen) atoms. The standard InChI is InChI=1S/C23H30N2O5S/c1-3-25(4-2)31(27,28)20-13-11-18(12-14-20)16-24-23(26)21-9-5-6-10-22(21)30-17-19-8-7-15-29-19/h5-6,9-14,19H,3-4,7-8,15-17H2,1-2H3,(H,24,26). The maximum atomic E-state index is 12.7. The highest BCUT2D eigenvalue weighted by atomic mass is 32.2. The van der Waals surface area contributed by atoms with E-state index in [9.17, 15) is 13.2 Å². The molecule has 0 aromatic heterocycles. The fourth-order valence-electron chi connectivity index (χ4n) is 3.51. The lowest BCUT2D eigenvalue weighted by Crippen LogP contribution is -2.30. The van der Waals surface area contributed by atoms with Crippen LogP contribution in [0.2, 0.25) is 0 Å². The van der Waals surface area contributed by atoms with Crippen molar-refractivity contribution in [2.45, 2.75) is 44.2 Å². The molecular formula is C23H30N2O5S. The van der Waals surface area contributed by atoms with E-state index in [0.717, 1.165) is 25.0 Å². The average Bonchev–Trinajstić information content (AvgIpc) is 3.31. The number of sulfonamides is 1. The van der Waals surface area contributed by atoms with Crippen LogP contribution < -0.4 is 10.1 Å². The van der Waals surface area contributed by atoms with Crippen molar-refractivity contribution in [3.05, 3.63) is 59.7 Å². The second-order valence-corrected chi connectivity index (χ2v) is 9.30. The predicted octanol–water partition coefficient (Wildman–Crippen LogP) is 3.20. The summed E-state index contributed by atoms with van der Waals surface area (Å²) in [6.45, 7) is 5.93. The van der Waals surface area contributed by atoms with Gasteiger partial charge in [-0.1, -0.05) is 38.1 Å². The Morgan fingerprint density at radius 1 is 1.13 bits per heavy atom. The Balaban J connectivity index is 1.61. The van der Waals surface area contributed by atoms with E-state index in [4.69, 9.17) is 9.47 Å². The Bertz CT molecular complexity index is 966. The molecule has 1 atom stereocenters. The molecule has 7 nitrogen and oxygen atoms in total. The minimum absolute atomic E-state index is 0.0715. The fourth-order valence-corrected chi connectivity index (χ4v) is 4.97. The molecule has 1 fully saturated rings. The van der Waals surface area contributed by atoms with Crippen LogP contribution in [0.3, 0.4) is 0 Å². The van der Waals surface area contributed by atoms with Crippen LogP contribution in [0.15, 0.2) is 53.4 Å². The van der Waals surface area contributed by atoms with Crippen molar-refractivity contribution in [1.29, 1.82) is 0 Å². The second kappa shape index (κ2) is 10.7. The van der Waals surface area contributed by atoms with E-state index in [1.54, 1.807) is 42.5 Å². The highest BCUT2D eigenvalue weighted by Gasteiger charge is 2.21. The summed E-state index contributed by atoms with van der Waals surface area (Å²) in [5, 5.41) is 2.88. The minimum Gasteiger partial charge on any atom is -0.490 e. The molecule has 2 aromatic carbocycles. The Labute approximate surface area is 184 Å². The van der Waals surface area contributed by atoms with Crippen LogP contribution in [0, 0.1) is 0 Å². The number of para-hydroxylation sites is 1. The normalized spacial score (nSPS) is 16.4. The molecule has 1 N–H and O–H groups in total. The predicted molar refractivity (Wildman–Crippen MR) is 119 cm³/mol. The molecule has 0 radical (unpaired) electrons. The first-order valence-corrected chi connectivity index (χ1v) is 12.1. The van der Waals surface area contributed by atoms with Crippen molar-refractivity contribution in [2.24, 2.45) is 0 Å². The van der Waals surface area contributed by atoms with Crippen LogP contribution in [-0.2, 0) is 21.3 Å². The van der Waals surface area contributed by atoms with E-state index in [-0.39, 0.29) is 23.5 Å². The summed E-state index contributed by atoms with van der Waals surface area (Å²) in [6, 6.07) is 13.7. The monoisotopic (exact) mass is 446 g/mol. The van der Waals surface area contributed by atoms with Crippen LogP contribution in [-0.4, -0.2) is 51.0 Å². The smallest absolute Gasteiger partial charge is 0.255 e. The van der Waals surface area contributed by atoms with Gasteiger partial charge in [0.2, 0.25) is 10.0 Å². The first-order valence-electron chi connectivity index (χ1n) is 10.7. The maximum absolute atomic E-state index is 12.7. The van der Waals surface area contributed by atoms with Crippen LogP contribution in [0.5, 0.6) is 5.75 Å². The molecule has 8 heteroatoms. The maximum Gasteiger partial charge on any atom is 0.255 e. The van der Waals surface area contributed by atoms with Crippen molar-refractivity contribution in [3.8, 4) is 5.75 Å². The van der Waals surface area contributed by atoms with Crippen molar-refractivity contribution in [1.82, 2.24) is 9.62 Å². The molecule has 1 amide bonds. The number of hydrogen-bond acceptors (Lipinski definition) is 5. The lowest BCUT2D eigenvalue weighted by Gasteiger charge is -2.18. The SMILES string of the molecule is CCN(CC)S(=O)(=O)c1ccc(CNC(=O)c2ccccc2OCC2CCCO2)cc1. The number of nitrogens with zero attached hydrogens (tertiary/aromatic N) is 1.